The molecule has 2 fully saturated rings. The van der Waals surface area contributed by atoms with Crippen LogP contribution in [0.2, 0.25) is 0 Å². The van der Waals surface area contributed by atoms with E-state index in [0.29, 0.717) is 6.10 Å². The van der Waals surface area contributed by atoms with Crippen molar-refractivity contribution in [3.05, 3.63) is 0 Å². The average Bonchev–Trinajstić information content (AvgIpc) is 2.84. The molecule has 1 saturated heterocycles. The van der Waals surface area contributed by atoms with E-state index in [1.54, 1.807) is 0 Å². The highest BCUT2D eigenvalue weighted by Gasteiger charge is 2.16. The van der Waals surface area contributed by atoms with Crippen molar-refractivity contribution < 1.29 is 4.74 Å². The minimum absolute atomic E-state index is 0.480. The molecule has 2 N–H and O–H groups in total. The molecule has 0 spiro atoms. The average molecular weight is 325 g/mol. The van der Waals surface area contributed by atoms with Crippen LogP contribution in [0, 0.1) is 5.92 Å². The van der Waals surface area contributed by atoms with Gasteiger partial charge in [0, 0.05) is 20.1 Å². The largest absolute Gasteiger partial charge is 0.376 e. The number of guanidine groups is 1. The van der Waals surface area contributed by atoms with Crippen LogP contribution >= 0.6 is 0 Å². The number of ether oxygens (including phenoxy) is 1. The molecule has 23 heavy (non-hydrogen) atoms. The Morgan fingerprint density at radius 3 is 2.39 bits per heavy atom. The van der Waals surface area contributed by atoms with Crippen molar-refractivity contribution in [3.63, 3.8) is 0 Å². The molecule has 2 rings (SSSR count). The van der Waals surface area contributed by atoms with Gasteiger partial charge in [0.1, 0.15) is 0 Å². The zero-order chi connectivity index (χ0) is 16.3. The maximum atomic E-state index is 6.01. The Kier molecular flexibility index (Phi) is 8.76. The van der Waals surface area contributed by atoms with Gasteiger partial charge in [-0.15, -0.1) is 0 Å². The third-order valence-corrected chi connectivity index (χ3v) is 5.17. The zero-order valence-corrected chi connectivity index (χ0v) is 15.1. The van der Waals surface area contributed by atoms with Gasteiger partial charge in [-0.25, -0.2) is 0 Å². The number of rotatable bonds is 6. The lowest BCUT2D eigenvalue weighted by molar-refractivity contribution is 0.0468. The second-order valence-electron chi connectivity index (χ2n) is 7.11. The maximum Gasteiger partial charge on any atom is 0.191 e. The highest BCUT2D eigenvalue weighted by molar-refractivity contribution is 5.79. The van der Waals surface area contributed by atoms with Crippen molar-refractivity contribution >= 4 is 5.96 Å². The molecule has 0 bridgehead atoms. The second-order valence-corrected chi connectivity index (χ2v) is 7.11. The number of nitrogens with one attached hydrogen (secondary N) is 2. The van der Waals surface area contributed by atoms with E-state index in [9.17, 15) is 0 Å². The first kappa shape index (κ1) is 18.5. The summed E-state index contributed by atoms with van der Waals surface area (Å²) in [6.07, 6.45) is 10.9. The quantitative estimate of drug-likeness (QED) is 0.340. The van der Waals surface area contributed by atoms with Crippen molar-refractivity contribution in [2.45, 2.75) is 57.5 Å². The summed E-state index contributed by atoms with van der Waals surface area (Å²) < 4.78 is 6.01. The first-order valence-corrected chi connectivity index (χ1v) is 9.52. The lowest BCUT2D eigenvalue weighted by Gasteiger charge is -2.29. The number of piperidine rings is 1. The molecule has 5 nitrogen and oxygen atoms in total. The van der Waals surface area contributed by atoms with Gasteiger partial charge in [0.25, 0.3) is 0 Å². The van der Waals surface area contributed by atoms with E-state index in [0.717, 1.165) is 31.6 Å². The molecule has 0 atom stereocenters. The standard InChI is InChI=1S/C18H36N4O/c1-19-18(21-15-16-9-12-22(2)13-10-16)20-11-14-23-17-7-5-3-4-6-8-17/h16-17H,3-15H2,1-2H3,(H2,19,20,21). The Hall–Kier alpha value is -0.810. The third kappa shape index (κ3) is 7.53. The summed E-state index contributed by atoms with van der Waals surface area (Å²) in [6.45, 7) is 5.07. The van der Waals surface area contributed by atoms with Gasteiger partial charge in [0.15, 0.2) is 5.96 Å². The van der Waals surface area contributed by atoms with Crippen LogP contribution in [0.1, 0.15) is 51.4 Å². The number of nitrogens with zero attached hydrogens (tertiary/aromatic N) is 2. The van der Waals surface area contributed by atoms with Crippen LogP contribution < -0.4 is 10.6 Å². The lowest BCUT2D eigenvalue weighted by Crippen LogP contribution is -2.43. The summed E-state index contributed by atoms with van der Waals surface area (Å²) in [5.74, 6) is 1.68. The fourth-order valence-corrected chi connectivity index (χ4v) is 3.53. The predicted octanol–water partition coefficient (Wildman–Crippen LogP) is 2.23. The van der Waals surface area contributed by atoms with Crippen molar-refractivity contribution in [1.82, 2.24) is 15.5 Å². The molecule has 0 radical (unpaired) electrons. The maximum absolute atomic E-state index is 6.01. The van der Waals surface area contributed by atoms with Gasteiger partial charge < -0.3 is 20.3 Å². The summed E-state index contributed by atoms with van der Waals surface area (Å²) >= 11 is 0. The van der Waals surface area contributed by atoms with E-state index < -0.39 is 0 Å². The Labute approximate surface area is 142 Å². The van der Waals surface area contributed by atoms with Crippen molar-refractivity contribution in [2.75, 3.05) is 46.9 Å². The third-order valence-electron chi connectivity index (χ3n) is 5.17. The molecule has 1 aliphatic heterocycles. The molecule has 0 aromatic heterocycles. The summed E-state index contributed by atoms with van der Waals surface area (Å²) in [5, 5.41) is 6.84. The second kappa shape index (κ2) is 10.9. The number of hydrogen-bond donors (Lipinski definition) is 2. The molecule has 0 unspecified atom stereocenters. The smallest absolute Gasteiger partial charge is 0.191 e. The molecular weight excluding hydrogens is 288 g/mol. The van der Waals surface area contributed by atoms with Crippen LogP contribution in [0.5, 0.6) is 0 Å². The molecule has 1 saturated carbocycles. The van der Waals surface area contributed by atoms with Gasteiger partial charge in [-0.3, -0.25) is 4.99 Å². The van der Waals surface area contributed by atoms with Crippen LogP contribution in [0.25, 0.3) is 0 Å². The topological polar surface area (TPSA) is 48.9 Å². The van der Waals surface area contributed by atoms with Crippen LogP contribution in [0.15, 0.2) is 4.99 Å². The van der Waals surface area contributed by atoms with E-state index in [1.807, 2.05) is 7.05 Å². The fourth-order valence-electron chi connectivity index (χ4n) is 3.53. The SMILES string of the molecule is CN=C(NCCOC1CCCCCC1)NCC1CCN(C)CC1. The molecule has 0 amide bonds. The van der Waals surface area contributed by atoms with Crippen LogP contribution in [0.3, 0.4) is 0 Å². The Bertz CT molecular complexity index is 332. The summed E-state index contributed by atoms with van der Waals surface area (Å²) in [7, 11) is 4.05. The van der Waals surface area contributed by atoms with E-state index in [4.69, 9.17) is 4.74 Å². The lowest BCUT2D eigenvalue weighted by atomic mass is 9.97. The first-order chi connectivity index (χ1) is 11.3. The summed E-state index contributed by atoms with van der Waals surface area (Å²) in [5.41, 5.74) is 0. The minimum Gasteiger partial charge on any atom is -0.376 e. The predicted molar refractivity (Wildman–Crippen MR) is 97.0 cm³/mol. The van der Waals surface area contributed by atoms with Gasteiger partial charge in [0.05, 0.1) is 12.7 Å². The molecule has 0 aromatic rings. The molecule has 2 aliphatic rings. The van der Waals surface area contributed by atoms with Crippen molar-refractivity contribution in [3.8, 4) is 0 Å². The highest BCUT2D eigenvalue weighted by Crippen LogP contribution is 2.19. The van der Waals surface area contributed by atoms with Gasteiger partial charge in [-0.1, -0.05) is 25.7 Å². The van der Waals surface area contributed by atoms with E-state index in [1.165, 1.54) is 64.5 Å². The molecule has 1 aliphatic carbocycles. The summed E-state index contributed by atoms with van der Waals surface area (Å²) in [6, 6.07) is 0. The Morgan fingerprint density at radius 1 is 1.04 bits per heavy atom. The molecule has 1 heterocycles. The summed E-state index contributed by atoms with van der Waals surface area (Å²) in [4.78, 5) is 6.73. The Morgan fingerprint density at radius 2 is 1.74 bits per heavy atom. The van der Waals surface area contributed by atoms with Crippen LogP contribution in [0.4, 0.5) is 0 Å². The minimum atomic E-state index is 0.480. The monoisotopic (exact) mass is 324 g/mol. The number of hydrogen-bond acceptors (Lipinski definition) is 3. The highest BCUT2D eigenvalue weighted by atomic mass is 16.5. The first-order valence-electron chi connectivity index (χ1n) is 9.52. The zero-order valence-electron chi connectivity index (χ0n) is 15.1. The normalized spacial score (nSPS) is 22.8. The van der Waals surface area contributed by atoms with E-state index in [-0.39, 0.29) is 0 Å². The molecule has 5 heteroatoms. The van der Waals surface area contributed by atoms with Gasteiger partial charge in [0.2, 0.25) is 0 Å². The van der Waals surface area contributed by atoms with Crippen molar-refractivity contribution in [2.24, 2.45) is 10.9 Å². The van der Waals surface area contributed by atoms with Gasteiger partial charge >= 0.3 is 0 Å². The van der Waals surface area contributed by atoms with E-state index >= 15 is 0 Å². The van der Waals surface area contributed by atoms with E-state index in [2.05, 4.69) is 27.6 Å². The fraction of sp³-hybridized carbons (Fsp3) is 0.944. The van der Waals surface area contributed by atoms with Gasteiger partial charge in [-0.05, 0) is 51.7 Å². The van der Waals surface area contributed by atoms with Gasteiger partial charge in [-0.2, -0.15) is 0 Å². The molecule has 0 aromatic carbocycles. The van der Waals surface area contributed by atoms with Crippen LogP contribution in [-0.4, -0.2) is 63.8 Å². The Balaban J connectivity index is 1.54. The molecule has 134 valence electrons. The van der Waals surface area contributed by atoms with Crippen molar-refractivity contribution in [1.29, 1.82) is 0 Å². The molecular formula is C18H36N4O. The number of likely N-dealkylation sites (tertiary alicyclic amines) is 1. The van der Waals surface area contributed by atoms with Crippen LogP contribution in [-0.2, 0) is 4.74 Å². The number of aliphatic imine (C=N–C) groups is 1.